The number of esters is 1. The predicted octanol–water partition coefficient (Wildman–Crippen LogP) is 2.89. The van der Waals surface area contributed by atoms with Crippen molar-refractivity contribution >= 4 is 18.2 Å². The van der Waals surface area contributed by atoms with Crippen molar-refractivity contribution in [3.63, 3.8) is 0 Å². The summed E-state index contributed by atoms with van der Waals surface area (Å²) in [6, 6.07) is 8.46. The van der Waals surface area contributed by atoms with Gasteiger partial charge in [-0.2, -0.15) is 0 Å². The highest BCUT2D eigenvalue weighted by atomic mass is 16.7. The molecule has 8 heteroatoms. The monoisotopic (exact) mass is 380 g/mol. The zero-order valence-electron chi connectivity index (χ0n) is 15.6. The van der Waals surface area contributed by atoms with Gasteiger partial charge in [0.25, 0.3) is 0 Å². The fourth-order valence-electron chi connectivity index (χ4n) is 2.06. The number of hydrogen-bond acceptors (Lipinski definition) is 7. The minimum absolute atomic E-state index is 0.206. The number of ether oxygens (including phenoxy) is 3. The van der Waals surface area contributed by atoms with Gasteiger partial charge in [0, 0.05) is 6.54 Å². The molecule has 8 nitrogen and oxygen atoms in total. The van der Waals surface area contributed by atoms with E-state index in [0.717, 1.165) is 12.0 Å². The van der Waals surface area contributed by atoms with E-state index < -0.39 is 24.3 Å². The number of rotatable bonds is 11. The fourth-order valence-corrected chi connectivity index (χ4v) is 2.06. The van der Waals surface area contributed by atoms with Crippen LogP contribution in [0, 0.1) is 0 Å². The molecule has 0 saturated carbocycles. The molecule has 0 bridgehead atoms. The summed E-state index contributed by atoms with van der Waals surface area (Å²) in [4.78, 5) is 34.5. The Labute approximate surface area is 159 Å². The van der Waals surface area contributed by atoms with Crippen LogP contribution in [0.3, 0.4) is 0 Å². The molecule has 0 heterocycles. The van der Waals surface area contributed by atoms with Gasteiger partial charge in [-0.25, -0.2) is 14.4 Å². The number of carbonyl (C=O) groups excluding carboxylic acids is 3. The van der Waals surface area contributed by atoms with Gasteiger partial charge >= 0.3 is 18.2 Å². The molecule has 0 unspecified atom stereocenters. The summed E-state index contributed by atoms with van der Waals surface area (Å²) in [5.41, 5.74) is 6.59. The van der Waals surface area contributed by atoms with Gasteiger partial charge in [-0.05, 0) is 31.2 Å². The molecule has 0 radical (unpaired) electrons. The van der Waals surface area contributed by atoms with Crippen molar-refractivity contribution in [3.8, 4) is 0 Å². The summed E-state index contributed by atoms with van der Waals surface area (Å²) in [5, 5.41) is 2.62. The summed E-state index contributed by atoms with van der Waals surface area (Å²) in [6.07, 6.45) is 1.58. The lowest BCUT2D eigenvalue weighted by Crippen LogP contribution is -2.34. The van der Waals surface area contributed by atoms with E-state index in [1.807, 2.05) is 37.3 Å². The molecule has 0 spiro atoms. The number of benzene rings is 1. The van der Waals surface area contributed by atoms with Gasteiger partial charge in [0.05, 0.1) is 6.61 Å². The SMILES string of the molecule is CCCCOC(=O)OC(=O)[C@@H](N)CCCCNC(=O)OCc1ccccc1. The first-order chi connectivity index (χ1) is 13.0. The highest BCUT2D eigenvalue weighted by Gasteiger charge is 2.19. The first kappa shape index (κ1) is 22.4. The maximum Gasteiger partial charge on any atom is 0.516 e. The molecule has 1 aromatic carbocycles. The van der Waals surface area contributed by atoms with Gasteiger partial charge < -0.3 is 25.3 Å². The summed E-state index contributed by atoms with van der Waals surface area (Å²) in [5.74, 6) is -0.813. The van der Waals surface area contributed by atoms with Crippen molar-refractivity contribution in [2.24, 2.45) is 5.73 Å². The van der Waals surface area contributed by atoms with Gasteiger partial charge in [0.2, 0.25) is 0 Å². The molecule has 27 heavy (non-hydrogen) atoms. The van der Waals surface area contributed by atoms with E-state index in [-0.39, 0.29) is 13.2 Å². The summed E-state index contributed by atoms with van der Waals surface area (Å²) < 4.78 is 14.3. The smallest absolute Gasteiger partial charge is 0.445 e. The number of nitrogens with two attached hydrogens (primary N) is 1. The predicted molar refractivity (Wildman–Crippen MR) is 98.8 cm³/mol. The van der Waals surface area contributed by atoms with E-state index in [1.54, 1.807) is 0 Å². The number of alkyl carbamates (subject to hydrolysis) is 1. The lowest BCUT2D eigenvalue weighted by Gasteiger charge is -2.11. The maximum atomic E-state index is 11.6. The molecule has 1 atom stereocenters. The molecule has 150 valence electrons. The minimum atomic E-state index is -1.02. The summed E-state index contributed by atoms with van der Waals surface area (Å²) in [6.45, 7) is 2.77. The second kappa shape index (κ2) is 13.6. The van der Waals surface area contributed by atoms with Crippen molar-refractivity contribution < 1.29 is 28.6 Å². The minimum Gasteiger partial charge on any atom is -0.445 e. The first-order valence-electron chi connectivity index (χ1n) is 9.11. The van der Waals surface area contributed by atoms with Gasteiger partial charge in [0.1, 0.15) is 12.6 Å². The largest absolute Gasteiger partial charge is 0.516 e. The first-order valence-corrected chi connectivity index (χ1v) is 9.11. The summed E-state index contributed by atoms with van der Waals surface area (Å²) >= 11 is 0. The standard InChI is InChI=1S/C19H28N2O6/c1-2-3-13-25-19(24)27-17(22)16(20)11-7-8-12-21-18(23)26-14-15-9-5-4-6-10-15/h4-6,9-10,16H,2-3,7-8,11-14,20H2,1H3,(H,21,23)/t16-/m0/s1. The number of unbranched alkanes of at least 4 members (excludes halogenated alkanes) is 2. The highest BCUT2D eigenvalue weighted by molar-refractivity contribution is 5.85. The fraction of sp³-hybridized carbons (Fsp3) is 0.526. The number of amides is 1. The Hall–Kier alpha value is -2.61. The van der Waals surface area contributed by atoms with Crippen molar-refractivity contribution in [1.82, 2.24) is 5.32 Å². The van der Waals surface area contributed by atoms with Gasteiger partial charge in [0.15, 0.2) is 0 Å². The normalized spacial score (nSPS) is 11.3. The van der Waals surface area contributed by atoms with Crippen LogP contribution in [-0.2, 0) is 25.6 Å². The van der Waals surface area contributed by atoms with Crippen LogP contribution in [0.15, 0.2) is 30.3 Å². The van der Waals surface area contributed by atoms with E-state index in [0.29, 0.717) is 32.2 Å². The molecule has 0 aromatic heterocycles. The quantitative estimate of drug-likeness (QED) is 0.344. The molecule has 0 aliphatic heterocycles. The third kappa shape index (κ3) is 10.9. The molecule has 0 saturated heterocycles. The highest BCUT2D eigenvalue weighted by Crippen LogP contribution is 2.03. The lowest BCUT2D eigenvalue weighted by atomic mass is 10.1. The Morgan fingerprint density at radius 2 is 1.81 bits per heavy atom. The topological polar surface area (TPSA) is 117 Å². The Bertz CT molecular complexity index is 579. The number of hydrogen-bond donors (Lipinski definition) is 2. The average Bonchev–Trinajstić information content (AvgIpc) is 2.66. The zero-order chi connectivity index (χ0) is 19.9. The Morgan fingerprint density at radius 3 is 2.52 bits per heavy atom. The molecule has 0 fully saturated rings. The molecular weight excluding hydrogens is 352 g/mol. The van der Waals surface area contributed by atoms with Crippen molar-refractivity contribution in [3.05, 3.63) is 35.9 Å². The van der Waals surface area contributed by atoms with Crippen molar-refractivity contribution in [2.75, 3.05) is 13.2 Å². The second-order valence-electron chi connectivity index (χ2n) is 5.96. The van der Waals surface area contributed by atoms with E-state index >= 15 is 0 Å². The molecule has 3 N–H and O–H groups in total. The van der Waals surface area contributed by atoms with Crippen LogP contribution >= 0.6 is 0 Å². The molecule has 1 rings (SSSR count). The average molecular weight is 380 g/mol. The Balaban J connectivity index is 2.06. The molecule has 0 aliphatic rings. The van der Waals surface area contributed by atoms with Crippen LogP contribution in [0.25, 0.3) is 0 Å². The van der Waals surface area contributed by atoms with E-state index in [2.05, 4.69) is 10.1 Å². The number of nitrogens with one attached hydrogen (secondary N) is 1. The summed E-state index contributed by atoms with van der Waals surface area (Å²) in [7, 11) is 0. The maximum absolute atomic E-state index is 11.6. The van der Waals surface area contributed by atoms with E-state index in [1.165, 1.54) is 0 Å². The van der Waals surface area contributed by atoms with Crippen LogP contribution in [0.2, 0.25) is 0 Å². The van der Waals surface area contributed by atoms with Crippen molar-refractivity contribution in [1.29, 1.82) is 0 Å². The van der Waals surface area contributed by atoms with Crippen molar-refractivity contribution in [2.45, 2.75) is 51.7 Å². The molecular formula is C19H28N2O6. The van der Waals surface area contributed by atoms with E-state index in [4.69, 9.17) is 15.2 Å². The third-order valence-corrected chi connectivity index (χ3v) is 3.63. The van der Waals surface area contributed by atoms with Gasteiger partial charge in [-0.1, -0.05) is 43.7 Å². The van der Waals surface area contributed by atoms with Crippen LogP contribution in [0.5, 0.6) is 0 Å². The molecule has 1 amide bonds. The Kier molecular flexibility index (Phi) is 11.3. The van der Waals surface area contributed by atoms with Crippen LogP contribution in [-0.4, -0.2) is 37.4 Å². The van der Waals surface area contributed by atoms with E-state index in [9.17, 15) is 14.4 Å². The van der Waals surface area contributed by atoms with Crippen LogP contribution in [0.4, 0.5) is 9.59 Å². The molecule has 0 aliphatic carbocycles. The number of carbonyl (C=O) groups is 3. The van der Waals surface area contributed by atoms with Gasteiger partial charge in [-0.3, -0.25) is 0 Å². The zero-order valence-corrected chi connectivity index (χ0v) is 15.6. The third-order valence-electron chi connectivity index (χ3n) is 3.63. The van der Waals surface area contributed by atoms with Crippen LogP contribution in [0.1, 0.15) is 44.6 Å². The van der Waals surface area contributed by atoms with Crippen LogP contribution < -0.4 is 11.1 Å². The Morgan fingerprint density at radius 1 is 1.07 bits per heavy atom. The molecule has 1 aromatic rings. The lowest BCUT2D eigenvalue weighted by molar-refractivity contribution is -0.141. The second-order valence-corrected chi connectivity index (χ2v) is 5.96. The van der Waals surface area contributed by atoms with Gasteiger partial charge in [-0.15, -0.1) is 0 Å².